The fourth-order valence-electron chi connectivity index (χ4n) is 2.64. The van der Waals surface area contributed by atoms with Gasteiger partial charge in [0.25, 0.3) is 0 Å². The molecule has 1 atom stereocenters. The zero-order chi connectivity index (χ0) is 13.1. The number of nitrogens with zero attached hydrogens (tertiary/aromatic N) is 4. The van der Waals surface area contributed by atoms with Gasteiger partial charge in [0.05, 0.1) is 0 Å². The number of hydrogen-bond acceptors (Lipinski definition) is 4. The number of likely N-dealkylation sites (N-methyl/N-ethyl adjacent to an activating group) is 2. The molecule has 0 saturated carbocycles. The van der Waals surface area contributed by atoms with E-state index in [1.54, 1.807) is 0 Å². The molecule has 0 N–H and O–H groups in total. The lowest BCUT2D eigenvalue weighted by Gasteiger charge is -2.28. The number of aromatic nitrogens is 2. The molecule has 4 nitrogen and oxygen atoms in total. The molecule has 1 aromatic heterocycles. The second-order valence-corrected chi connectivity index (χ2v) is 5.28. The predicted octanol–water partition coefficient (Wildman–Crippen LogP) is 2.36. The third kappa shape index (κ3) is 3.12. The van der Waals surface area contributed by atoms with Gasteiger partial charge in [0.2, 0.25) is 5.28 Å². The van der Waals surface area contributed by atoms with Crippen molar-refractivity contribution >= 4 is 17.4 Å². The molecular weight excluding hydrogens is 248 g/mol. The van der Waals surface area contributed by atoms with Crippen molar-refractivity contribution < 1.29 is 0 Å². The third-order valence-corrected chi connectivity index (χ3v) is 3.76. The first kappa shape index (κ1) is 13.6. The van der Waals surface area contributed by atoms with Gasteiger partial charge in [-0.15, -0.1) is 0 Å². The van der Waals surface area contributed by atoms with Crippen molar-refractivity contribution in [3.63, 3.8) is 0 Å². The van der Waals surface area contributed by atoms with Crippen molar-refractivity contribution in [1.29, 1.82) is 0 Å². The van der Waals surface area contributed by atoms with Gasteiger partial charge in [-0.1, -0.05) is 6.92 Å². The van der Waals surface area contributed by atoms with E-state index in [1.165, 1.54) is 19.4 Å². The Bertz CT molecular complexity index is 390. The minimum atomic E-state index is 0.329. The first-order chi connectivity index (χ1) is 8.60. The summed E-state index contributed by atoms with van der Waals surface area (Å²) in [5.74, 6) is 0.912. The highest BCUT2D eigenvalue weighted by atomic mass is 35.5. The molecule has 2 rings (SSSR count). The zero-order valence-electron chi connectivity index (χ0n) is 11.4. The van der Waals surface area contributed by atoms with E-state index in [-0.39, 0.29) is 0 Å². The summed E-state index contributed by atoms with van der Waals surface area (Å²) in [7, 11) is 2.07. The Balaban J connectivity index is 2.04. The summed E-state index contributed by atoms with van der Waals surface area (Å²) < 4.78 is 0. The van der Waals surface area contributed by atoms with E-state index in [1.807, 2.05) is 13.0 Å². The maximum Gasteiger partial charge on any atom is 0.224 e. The van der Waals surface area contributed by atoms with Crippen LogP contribution in [-0.2, 0) is 0 Å². The van der Waals surface area contributed by atoms with E-state index in [4.69, 9.17) is 11.6 Å². The lowest BCUT2D eigenvalue weighted by Crippen LogP contribution is -2.39. The van der Waals surface area contributed by atoms with E-state index in [0.717, 1.165) is 24.6 Å². The number of anilines is 1. The molecule has 0 aliphatic carbocycles. The SMILES string of the molecule is CCN1CCCC1CN(C)c1cc(C)nc(Cl)n1. The van der Waals surface area contributed by atoms with E-state index in [9.17, 15) is 0 Å². The number of hydrogen-bond donors (Lipinski definition) is 0. The first-order valence-corrected chi connectivity index (χ1v) is 6.94. The molecule has 1 saturated heterocycles. The Hall–Kier alpha value is -0.870. The zero-order valence-corrected chi connectivity index (χ0v) is 12.1. The lowest BCUT2D eigenvalue weighted by atomic mass is 10.2. The molecule has 1 unspecified atom stereocenters. The van der Waals surface area contributed by atoms with E-state index < -0.39 is 0 Å². The Morgan fingerprint density at radius 2 is 2.28 bits per heavy atom. The van der Waals surface area contributed by atoms with Crippen LogP contribution in [0.5, 0.6) is 0 Å². The average molecular weight is 269 g/mol. The molecule has 0 bridgehead atoms. The summed E-state index contributed by atoms with van der Waals surface area (Å²) in [5, 5.41) is 0.329. The fourth-order valence-corrected chi connectivity index (χ4v) is 2.86. The smallest absolute Gasteiger partial charge is 0.224 e. The molecular formula is C13H21ClN4. The second kappa shape index (κ2) is 5.85. The highest BCUT2D eigenvalue weighted by molar-refractivity contribution is 6.28. The van der Waals surface area contributed by atoms with Gasteiger partial charge in [-0.2, -0.15) is 0 Å². The Morgan fingerprint density at radius 3 is 2.94 bits per heavy atom. The molecule has 1 aromatic rings. The van der Waals surface area contributed by atoms with E-state index in [2.05, 4.69) is 33.7 Å². The van der Waals surface area contributed by atoms with Crippen molar-refractivity contribution in [3.05, 3.63) is 17.0 Å². The summed E-state index contributed by atoms with van der Waals surface area (Å²) in [6, 6.07) is 2.62. The highest BCUT2D eigenvalue weighted by Crippen LogP contribution is 2.20. The Labute approximate surface area is 114 Å². The predicted molar refractivity (Wildman–Crippen MR) is 75.3 cm³/mol. The molecule has 5 heteroatoms. The first-order valence-electron chi connectivity index (χ1n) is 6.56. The van der Waals surface area contributed by atoms with Gasteiger partial charge in [0, 0.05) is 31.4 Å². The van der Waals surface area contributed by atoms with Crippen LogP contribution in [0.4, 0.5) is 5.82 Å². The minimum absolute atomic E-state index is 0.329. The summed E-state index contributed by atoms with van der Waals surface area (Å²) in [4.78, 5) is 13.1. The van der Waals surface area contributed by atoms with Gasteiger partial charge >= 0.3 is 0 Å². The number of likely N-dealkylation sites (tertiary alicyclic amines) is 1. The normalized spacial score (nSPS) is 20.3. The van der Waals surface area contributed by atoms with Gasteiger partial charge in [-0.3, -0.25) is 4.90 Å². The largest absolute Gasteiger partial charge is 0.358 e. The monoisotopic (exact) mass is 268 g/mol. The van der Waals surface area contributed by atoms with Gasteiger partial charge in [0.1, 0.15) is 5.82 Å². The number of halogens is 1. The van der Waals surface area contributed by atoms with Crippen molar-refractivity contribution in [2.45, 2.75) is 32.7 Å². The third-order valence-electron chi connectivity index (χ3n) is 3.59. The summed E-state index contributed by atoms with van der Waals surface area (Å²) >= 11 is 5.91. The molecule has 2 heterocycles. The second-order valence-electron chi connectivity index (χ2n) is 4.94. The van der Waals surface area contributed by atoms with Gasteiger partial charge < -0.3 is 4.90 Å². The molecule has 0 aromatic carbocycles. The summed E-state index contributed by atoms with van der Waals surface area (Å²) in [6.07, 6.45) is 2.58. The van der Waals surface area contributed by atoms with Crippen molar-refractivity contribution in [2.24, 2.45) is 0 Å². The Morgan fingerprint density at radius 1 is 1.50 bits per heavy atom. The van der Waals surface area contributed by atoms with Crippen LogP contribution in [0.25, 0.3) is 0 Å². The standard InChI is InChI=1S/C13H21ClN4/c1-4-18-7-5-6-11(18)9-17(3)12-8-10(2)15-13(14)16-12/h8,11H,4-7,9H2,1-3H3. The van der Waals surface area contributed by atoms with Crippen LogP contribution in [0.1, 0.15) is 25.5 Å². The minimum Gasteiger partial charge on any atom is -0.358 e. The molecule has 1 aliphatic heterocycles. The maximum atomic E-state index is 5.91. The van der Waals surface area contributed by atoms with Crippen LogP contribution in [0.3, 0.4) is 0 Å². The molecule has 1 fully saturated rings. The molecule has 1 aliphatic rings. The van der Waals surface area contributed by atoms with Crippen molar-refractivity contribution in [3.8, 4) is 0 Å². The molecule has 0 radical (unpaired) electrons. The maximum absolute atomic E-state index is 5.91. The van der Waals surface area contributed by atoms with Gasteiger partial charge in [-0.25, -0.2) is 9.97 Å². The van der Waals surface area contributed by atoms with Crippen LogP contribution >= 0.6 is 11.6 Å². The molecule has 18 heavy (non-hydrogen) atoms. The van der Waals surface area contributed by atoms with Crippen LogP contribution < -0.4 is 4.90 Å². The van der Waals surface area contributed by atoms with Crippen LogP contribution in [0.15, 0.2) is 6.07 Å². The van der Waals surface area contributed by atoms with Crippen LogP contribution in [0, 0.1) is 6.92 Å². The number of aryl methyl sites for hydroxylation is 1. The van der Waals surface area contributed by atoms with E-state index >= 15 is 0 Å². The topological polar surface area (TPSA) is 32.3 Å². The van der Waals surface area contributed by atoms with E-state index in [0.29, 0.717) is 11.3 Å². The van der Waals surface area contributed by atoms with Crippen LogP contribution in [0.2, 0.25) is 5.28 Å². The van der Waals surface area contributed by atoms with Crippen LogP contribution in [-0.4, -0.2) is 47.6 Å². The fraction of sp³-hybridized carbons (Fsp3) is 0.692. The number of rotatable bonds is 4. The molecule has 0 spiro atoms. The van der Waals surface area contributed by atoms with Crippen molar-refractivity contribution in [2.75, 3.05) is 31.6 Å². The summed E-state index contributed by atoms with van der Waals surface area (Å²) in [5.41, 5.74) is 0.913. The van der Waals surface area contributed by atoms with Gasteiger partial charge in [-0.05, 0) is 44.5 Å². The average Bonchev–Trinajstić information content (AvgIpc) is 2.75. The quantitative estimate of drug-likeness (QED) is 0.785. The van der Waals surface area contributed by atoms with Crippen molar-refractivity contribution in [1.82, 2.24) is 14.9 Å². The summed E-state index contributed by atoms with van der Waals surface area (Å²) in [6.45, 7) is 7.52. The lowest BCUT2D eigenvalue weighted by molar-refractivity contribution is 0.270. The highest BCUT2D eigenvalue weighted by Gasteiger charge is 2.24. The molecule has 100 valence electrons. The molecule has 0 amide bonds. The Kier molecular flexibility index (Phi) is 4.40. The van der Waals surface area contributed by atoms with Gasteiger partial charge in [0.15, 0.2) is 0 Å².